The van der Waals surface area contributed by atoms with Gasteiger partial charge in [-0.1, -0.05) is 24.6 Å². The molecule has 0 radical (unpaired) electrons. The number of halogens is 1. The van der Waals surface area contributed by atoms with E-state index in [4.69, 9.17) is 16.3 Å². The number of nitrogens with one attached hydrogen (secondary N) is 2. The molecule has 0 unspecified atom stereocenters. The Morgan fingerprint density at radius 3 is 2.44 bits per heavy atom. The first kappa shape index (κ1) is 21.1. The summed E-state index contributed by atoms with van der Waals surface area (Å²) in [5.74, 6) is 0.186. The van der Waals surface area contributed by atoms with Gasteiger partial charge in [-0.15, -0.1) is 0 Å². The maximum absolute atomic E-state index is 12.5. The number of hydrogen-bond donors (Lipinski definition) is 2. The first-order valence-corrected chi connectivity index (χ1v) is 10.4. The smallest absolute Gasteiger partial charge is 0.261 e. The fourth-order valence-corrected chi connectivity index (χ4v) is 3.38. The largest absolute Gasteiger partial charge is 0.484 e. The molecular formula is C19H23ClN2O4S. The Kier molecular flexibility index (Phi) is 7.10. The summed E-state index contributed by atoms with van der Waals surface area (Å²) in [4.78, 5) is 11.8. The summed E-state index contributed by atoms with van der Waals surface area (Å²) >= 11 is 6.03. The Bertz CT molecular complexity index is 898. The van der Waals surface area contributed by atoms with Crippen LogP contribution in [0.3, 0.4) is 0 Å². The van der Waals surface area contributed by atoms with Crippen LogP contribution in [0.1, 0.15) is 25.8 Å². The van der Waals surface area contributed by atoms with Crippen molar-refractivity contribution in [2.45, 2.75) is 38.1 Å². The molecule has 0 spiro atoms. The number of carbonyl (C=O) groups excluding carboxylic acids is 1. The summed E-state index contributed by atoms with van der Waals surface area (Å²) < 4.78 is 32.8. The van der Waals surface area contributed by atoms with E-state index < -0.39 is 10.0 Å². The highest BCUT2D eigenvalue weighted by Crippen LogP contribution is 2.23. The summed E-state index contributed by atoms with van der Waals surface area (Å²) in [6, 6.07) is 10.9. The summed E-state index contributed by atoms with van der Waals surface area (Å²) in [5, 5.41) is 3.27. The Labute approximate surface area is 164 Å². The van der Waals surface area contributed by atoms with E-state index in [9.17, 15) is 13.2 Å². The topological polar surface area (TPSA) is 84.5 Å². The van der Waals surface area contributed by atoms with Gasteiger partial charge in [0, 0.05) is 11.1 Å². The van der Waals surface area contributed by atoms with Crippen molar-refractivity contribution in [3.63, 3.8) is 0 Å². The van der Waals surface area contributed by atoms with Crippen LogP contribution in [0.15, 0.2) is 47.4 Å². The number of benzene rings is 2. The normalized spacial score (nSPS) is 12.3. The molecule has 0 saturated heterocycles. The SMILES string of the molecule is CC[C@@H](C)NC(=O)COc1ccc(S(=O)(=O)Nc2ccc(C)c(Cl)c2)cc1. The summed E-state index contributed by atoms with van der Waals surface area (Å²) in [6.07, 6.45) is 0.831. The minimum absolute atomic E-state index is 0.0787. The monoisotopic (exact) mass is 410 g/mol. The van der Waals surface area contributed by atoms with Crippen molar-refractivity contribution in [2.75, 3.05) is 11.3 Å². The lowest BCUT2D eigenvalue weighted by molar-refractivity contribution is -0.123. The van der Waals surface area contributed by atoms with Crippen molar-refractivity contribution >= 4 is 33.2 Å². The van der Waals surface area contributed by atoms with Gasteiger partial charge in [-0.25, -0.2) is 8.42 Å². The van der Waals surface area contributed by atoms with Crippen LogP contribution >= 0.6 is 11.6 Å². The molecule has 8 heteroatoms. The van der Waals surface area contributed by atoms with Crippen LogP contribution in [-0.2, 0) is 14.8 Å². The zero-order chi connectivity index (χ0) is 20.0. The molecule has 0 fully saturated rings. The van der Waals surface area contributed by atoms with E-state index in [1.807, 2.05) is 20.8 Å². The molecule has 0 aliphatic rings. The second-order valence-electron chi connectivity index (χ2n) is 6.21. The van der Waals surface area contributed by atoms with Gasteiger partial charge in [-0.3, -0.25) is 9.52 Å². The zero-order valence-corrected chi connectivity index (χ0v) is 17.0. The number of carbonyl (C=O) groups is 1. The van der Waals surface area contributed by atoms with Gasteiger partial charge in [0.05, 0.1) is 10.6 Å². The molecule has 1 amide bonds. The van der Waals surface area contributed by atoms with Crippen molar-refractivity contribution in [1.82, 2.24) is 5.32 Å². The Balaban J connectivity index is 2.00. The van der Waals surface area contributed by atoms with Gasteiger partial charge in [-0.05, 0) is 62.2 Å². The predicted octanol–water partition coefficient (Wildman–Crippen LogP) is 3.74. The number of sulfonamides is 1. The van der Waals surface area contributed by atoms with E-state index >= 15 is 0 Å². The van der Waals surface area contributed by atoms with Crippen LogP contribution in [0.2, 0.25) is 5.02 Å². The van der Waals surface area contributed by atoms with Crippen LogP contribution in [0.5, 0.6) is 5.75 Å². The molecule has 2 rings (SSSR count). The minimum Gasteiger partial charge on any atom is -0.484 e. The van der Waals surface area contributed by atoms with Crippen molar-refractivity contribution in [3.05, 3.63) is 53.1 Å². The number of hydrogen-bond acceptors (Lipinski definition) is 4. The van der Waals surface area contributed by atoms with Gasteiger partial charge in [0.25, 0.3) is 15.9 Å². The third-order valence-corrected chi connectivity index (χ3v) is 5.75. The summed E-state index contributed by atoms with van der Waals surface area (Å²) in [6.45, 7) is 5.59. The number of aryl methyl sites for hydroxylation is 1. The van der Waals surface area contributed by atoms with E-state index in [-0.39, 0.29) is 23.5 Å². The first-order valence-electron chi connectivity index (χ1n) is 8.52. The van der Waals surface area contributed by atoms with E-state index in [1.165, 1.54) is 24.3 Å². The molecular weight excluding hydrogens is 388 g/mol. The quantitative estimate of drug-likeness (QED) is 0.694. The fourth-order valence-electron chi connectivity index (χ4n) is 2.15. The van der Waals surface area contributed by atoms with Gasteiger partial charge in [0.1, 0.15) is 5.75 Å². The maximum Gasteiger partial charge on any atom is 0.261 e. The van der Waals surface area contributed by atoms with Crippen LogP contribution in [0, 0.1) is 6.92 Å². The molecule has 2 N–H and O–H groups in total. The molecule has 0 bridgehead atoms. The number of ether oxygens (including phenoxy) is 1. The Hall–Kier alpha value is -2.25. The fraction of sp³-hybridized carbons (Fsp3) is 0.316. The van der Waals surface area contributed by atoms with Crippen LogP contribution < -0.4 is 14.8 Å². The standard InChI is InChI=1S/C19H23ClN2O4S/c1-4-14(3)21-19(23)12-26-16-7-9-17(10-8-16)27(24,25)22-15-6-5-13(2)18(20)11-15/h5-11,14,22H,4,12H2,1-3H3,(H,21,23)/t14-/m1/s1. The summed E-state index contributed by atoms with van der Waals surface area (Å²) in [7, 11) is -3.75. The van der Waals surface area contributed by atoms with Crippen molar-refractivity contribution < 1.29 is 17.9 Å². The van der Waals surface area contributed by atoms with Crippen LogP contribution in [0.25, 0.3) is 0 Å². The highest BCUT2D eigenvalue weighted by molar-refractivity contribution is 7.92. The molecule has 27 heavy (non-hydrogen) atoms. The average molecular weight is 411 g/mol. The molecule has 146 valence electrons. The van der Waals surface area contributed by atoms with Gasteiger partial charge in [-0.2, -0.15) is 0 Å². The zero-order valence-electron chi connectivity index (χ0n) is 15.5. The van der Waals surface area contributed by atoms with E-state index in [2.05, 4.69) is 10.0 Å². The highest BCUT2D eigenvalue weighted by atomic mass is 35.5. The maximum atomic E-state index is 12.5. The molecule has 0 aliphatic carbocycles. The Morgan fingerprint density at radius 1 is 1.19 bits per heavy atom. The third-order valence-electron chi connectivity index (χ3n) is 3.95. The lowest BCUT2D eigenvalue weighted by Crippen LogP contribution is -2.35. The minimum atomic E-state index is -3.75. The van der Waals surface area contributed by atoms with Crippen LogP contribution in [-0.4, -0.2) is 27.0 Å². The second-order valence-corrected chi connectivity index (χ2v) is 8.30. The summed E-state index contributed by atoms with van der Waals surface area (Å²) in [5.41, 5.74) is 1.24. The molecule has 0 aromatic heterocycles. The molecule has 2 aromatic carbocycles. The van der Waals surface area contributed by atoms with Gasteiger partial charge < -0.3 is 10.1 Å². The van der Waals surface area contributed by atoms with Crippen molar-refractivity contribution in [2.24, 2.45) is 0 Å². The molecule has 6 nitrogen and oxygen atoms in total. The highest BCUT2D eigenvalue weighted by Gasteiger charge is 2.15. The average Bonchev–Trinajstić information content (AvgIpc) is 2.63. The Morgan fingerprint density at radius 2 is 1.85 bits per heavy atom. The van der Waals surface area contributed by atoms with E-state index in [0.29, 0.717) is 16.5 Å². The number of anilines is 1. The molecule has 1 atom stereocenters. The first-order chi connectivity index (χ1) is 12.7. The molecule has 0 saturated carbocycles. The van der Waals surface area contributed by atoms with E-state index in [0.717, 1.165) is 12.0 Å². The number of amides is 1. The van der Waals surface area contributed by atoms with Gasteiger partial charge >= 0.3 is 0 Å². The predicted molar refractivity (Wildman–Crippen MR) is 107 cm³/mol. The lowest BCUT2D eigenvalue weighted by Gasteiger charge is -2.12. The molecule has 2 aromatic rings. The molecule has 0 aliphatic heterocycles. The van der Waals surface area contributed by atoms with Gasteiger partial charge in [0.15, 0.2) is 6.61 Å². The van der Waals surface area contributed by atoms with Crippen LogP contribution in [0.4, 0.5) is 5.69 Å². The third kappa shape index (κ3) is 6.15. The number of rotatable bonds is 8. The lowest BCUT2D eigenvalue weighted by atomic mass is 10.2. The molecule has 0 heterocycles. The van der Waals surface area contributed by atoms with Crippen molar-refractivity contribution in [3.8, 4) is 5.75 Å². The van der Waals surface area contributed by atoms with Crippen molar-refractivity contribution in [1.29, 1.82) is 0 Å². The van der Waals surface area contributed by atoms with E-state index in [1.54, 1.807) is 18.2 Å². The van der Waals surface area contributed by atoms with Gasteiger partial charge in [0.2, 0.25) is 0 Å². The second kappa shape index (κ2) is 9.10.